The highest BCUT2D eigenvalue weighted by Gasteiger charge is 2.53. The number of hydrogen-bond donors (Lipinski definition) is 2. The summed E-state index contributed by atoms with van der Waals surface area (Å²) in [6, 6.07) is 3.98. The van der Waals surface area contributed by atoms with Crippen LogP contribution in [0.4, 0.5) is 27.6 Å². The van der Waals surface area contributed by atoms with Crippen LogP contribution in [0.25, 0.3) is 11.1 Å². The quantitative estimate of drug-likeness (QED) is 0.392. The predicted octanol–water partition coefficient (Wildman–Crippen LogP) is 5.87. The molecule has 0 aliphatic heterocycles. The molecular weight excluding hydrogens is 485 g/mol. The number of nitrogens with zero attached hydrogens (tertiary/aromatic N) is 2. The van der Waals surface area contributed by atoms with Crippen molar-refractivity contribution in [2.45, 2.75) is 44.8 Å². The van der Waals surface area contributed by atoms with Gasteiger partial charge in [0.1, 0.15) is 11.6 Å². The van der Waals surface area contributed by atoms with Gasteiger partial charge in [-0.05, 0) is 43.0 Å². The Morgan fingerprint density at radius 2 is 1.83 bits per heavy atom. The molecule has 2 aromatic carbocycles. The van der Waals surface area contributed by atoms with Gasteiger partial charge in [-0.1, -0.05) is 19.9 Å². The number of carbonyl (C=O) groups is 2. The zero-order valence-electron chi connectivity index (χ0n) is 19.3. The van der Waals surface area contributed by atoms with E-state index in [9.17, 15) is 32.3 Å². The minimum absolute atomic E-state index is 0.169. The van der Waals surface area contributed by atoms with Gasteiger partial charge in [0.25, 0.3) is 0 Å². The van der Waals surface area contributed by atoms with Crippen LogP contribution < -0.4 is 5.32 Å². The Morgan fingerprint density at radius 1 is 1.14 bits per heavy atom. The summed E-state index contributed by atoms with van der Waals surface area (Å²) in [5.41, 5.74) is -3.36. The van der Waals surface area contributed by atoms with Crippen molar-refractivity contribution in [1.82, 2.24) is 9.78 Å². The Kier molecular flexibility index (Phi) is 6.36. The van der Waals surface area contributed by atoms with Gasteiger partial charge in [-0.3, -0.25) is 9.48 Å². The van der Waals surface area contributed by atoms with Gasteiger partial charge in [0.05, 0.1) is 22.7 Å². The van der Waals surface area contributed by atoms with Gasteiger partial charge >= 0.3 is 12.1 Å². The molecule has 1 aromatic heterocycles. The molecule has 1 heterocycles. The molecule has 2 N–H and O–H groups in total. The molecule has 190 valence electrons. The maximum absolute atomic E-state index is 15.1. The van der Waals surface area contributed by atoms with E-state index < -0.39 is 46.2 Å². The number of anilines is 1. The molecule has 1 fully saturated rings. The summed E-state index contributed by atoms with van der Waals surface area (Å²) >= 11 is 0. The zero-order valence-corrected chi connectivity index (χ0v) is 19.3. The van der Waals surface area contributed by atoms with E-state index in [0.717, 1.165) is 18.2 Å². The number of aromatic carboxylic acids is 1. The summed E-state index contributed by atoms with van der Waals surface area (Å²) < 4.78 is 69.9. The molecular formula is C25H22F5N3O3. The molecule has 11 heteroatoms. The van der Waals surface area contributed by atoms with Crippen molar-refractivity contribution in [2.24, 2.45) is 5.92 Å². The van der Waals surface area contributed by atoms with Crippen molar-refractivity contribution < 1.29 is 36.6 Å². The first-order valence-electron chi connectivity index (χ1n) is 11.1. The minimum Gasteiger partial charge on any atom is -0.478 e. The normalized spacial score (nSPS) is 14.7. The fraction of sp³-hybridized carbons (Fsp3) is 0.320. The summed E-state index contributed by atoms with van der Waals surface area (Å²) in [5.74, 6) is -4.05. The molecule has 0 saturated heterocycles. The van der Waals surface area contributed by atoms with Crippen LogP contribution in [0.15, 0.2) is 42.7 Å². The summed E-state index contributed by atoms with van der Waals surface area (Å²) in [4.78, 5) is 24.9. The van der Waals surface area contributed by atoms with Gasteiger partial charge in [-0.2, -0.15) is 18.3 Å². The van der Waals surface area contributed by atoms with E-state index in [2.05, 4.69) is 10.4 Å². The maximum Gasteiger partial charge on any atom is 0.416 e. The predicted molar refractivity (Wildman–Crippen MR) is 120 cm³/mol. The van der Waals surface area contributed by atoms with Crippen molar-refractivity contribution in [2.75, 3.05) is 5.32 Å². The topological polar surface area (TPSA) is 84.2 Å². The van der Waals surface area contributed by atoms with E-state index in [1.165, 1.54) is 12.4 Å². The SMILES string of the molecule is CC(C)Cn1cc(-c2c(F)cc(NC(=O)C3(c4ccc(C(F)(F)F)cc4F)CC3)cc2C(=O)O)cn1. The average molecular weight is 507 g/mol. The van der Waals surface area contributed by atoms with Crippen LogP contribution in [-0.2, 0) is 22.9 Å². The average Bonchev–Trinajstić information content (AvgIpc) is 3.45. The van der Waals surface area contributed by atoms with Crippen molar-refractivity contribution in [3.05, 3.63) is 71.1 Å². The minimum atomic E-state index is -4.74. The van der Waals surface area contributed by atoms with Gasteiger partial charge in [0.2, 0.25) is 5.91 Å². The lowest BCUT2D eigenvalue weighted by Crippen LogP contribution is -2.29. The lowest BCUT2D eigenvalue weighted by molar-refractivity contribution is -0.137. The van der Waals surface area contributed by atoms with Crippen molar-refractivity contribution >= 4 is 17.6 Å². The molecule has 1 amide bonds. The highest BCUT2D eigenvalue weighted by molar-refractivity contribution is 6.03. The first kappa shape index (κ1) is 25.3. The third-order valence-corrected chi connectivity index (χ3v) is 6.05. The second-order valence-electron chi connectivity index (χ2n) is 9.26. The summed E-state index contributed by atoms with van der Waals surface area (Å²) in [7, 11) is 0. The number of alkyl halides is 3. The number of halogens is 5. The van der Waals surface area contributed by atoms with Crippen LogP contribution in [0.2, 0.25) is 0 Å². The second-order valence-corrected chi connectivity index (χ2v) is 9.26. The third kappa shape index (κ3) is 4.82. The van der Waals surface area contributed by atoms with Gasteiger partial charge < -0.3 is 10.4 Å². The van der Waals surface area contributed by atoms with Crippen molar-refractivity contribution in [1.29, 1.82) is 0 Å². The zero-order chi connectivity index (χ0) is 26.4. The Hall–Kier alpha value is -3.76. The Morgan fingerprint density at radius 3 is 2.39 bits per heavy atom. The molecule has 0 unspecified atom stereocenters. The van der Waals surface area contributed by atoms with E-state index in [1.54, 1.807) is 4.68 Å². The number of benzene rings is 2. The lowest BCUT2D eigenvalue weighted by atomic mass is 9.93. The molecule has 1 saturated carbocycles. The first-order chi connectivity index (χ1) is 16.8. The van der Waals surface area contributed by atoms with E-state index in [-0.39, 0.29) is 41.1 Å². The molecule has 36 heavy (non-hydrogen) atoms. The van der Waals surface area contributed by atoms with Crippen LogP contribution in [0.5, 0.6) is 0 Å². The molecule has 0 bridgehead atoms. The van der Waals surface area contributed by atoms with Gasteiger partial charge in [-0.25, -0.2) is 13.6 Å². The van der Waals surface area contributed by atoms with E-state index in [1.807, 2.05) is 13.8 Å². The number of carboxylic acid groups (broad SMARTS) is 1. The van der Waals surface area contributed by atoms with E-state index in [4.69, 9.17) is 0 Å². The van der Waals surface area contributed by atoms with Crippen LogP contribution in [-0.4, -0.2) is 26.8 Å². The number of nitrogens with one attached hydrogen (secondary N) is 1. The Bertz CT molecular complexity index is 1340. The van der Waals surface area contributed by atoms with Gasteiger partial charge in [-0.15, -0.1) is 0 Å². The fourth-order valence-corrected chi connectivity index (χ4v) is 4.18. The summed E-state index contributed by atoms with van der Waals surface area (Å²) in [6.07, 6.45) is -1.53. The van der Waals surface area contributed by atoms with Crippen molar-refractivity contribution in [3.63, 3.8) is 0 Å². The molecule has 0 radical (unpaired) electrons. The monoisotopic (exact) mass is 507 g/mol. The Labute approximate surface area is 202 Å². The fourth-order valence-electron chi connectivity index (χ4n) is 4.18. The number of carboxylic acids is 1. The third-order valence-electron chi connectivity index (χ3n) is 6.05. The number of aromatic nitrogens is 2. The molecule has 0 spiro atoms. The van der Waals surface area contributed by atoms with Crippen molar-refractivity contribution in [3.8, 4) is 11.1 Å². The summed E-state index contributed by atoms with van der Waals surface area (Å²) in [5, 5.41) is 16.2. The lowest BCUT2D eigenvalue weighted by Gasteiger charge is -2.18. The standard InChI is InChI=1S/C25H22F5N3O3/c1-13(2)11-33-12-14(10-31-33)21-17(22(34)35)8-16(9-20(21)27)32-23(36)24(5-6-24)18-4-3-15(7-19(18)26)25(28,29)30/h3-4,7-10,12-13H,5-6,11H2,1-2H3,(H,32,36)(H,34,35). The van der Waals surface area contributed by atoms with Gasteiger partial charge in [0, 0.05) is 35.1 Å². The van der Waals surface area contributed by atoms with Crippen LogP contribution in [0.1, 0.15) is 48.2 Å². The molecule has 0 atom stereocenters. The largest absolute Gasteiger partial charge is 0.478 e. The van der Waals surface area contributed by atoms with E-state index in [0.29, 0.717) is 18.7 Å². The Balaban J connectivity index is 1.63. The maximum atomic E-state index is 15.1. The highest BCUT2D eigenvalue weighted by atomic mass is 19.4. The second kappa shape index (κ2) is 9.03. The molecule has 3 aromatic rings. The van der Waals surface area contributed by atoms with Crippen LogP contribution in [0, 0.1) is 17.6 Å². The highest BCUT2D eigenvalue weighted by Crippen LogP contribution is 2.50. The molecule has 1 aliphatic rings. The first-order valence-corrected chi connectivity index (χ1v) is 11.1. The van der Waals surface area contributed by atoms with Gasteiger partial charge in [0.15, 0.2) is 0 Å². The molecule has 6 nitrogen and oxygen atoms in total. The molecule has 4 rings (SSSR count). The number of carbonyl (C=O) groups excluding carboxylic acids is 1. The van der Waals surface area contributed by atoms with Crippen LogP contribution in [0.3, 0.4) is 0 Å². The van der Waals surface area contributed by atoms with E-state index >= 15 is 4.39 Å². The molecule has 1 aliphatic carbocycles. The smallest absolute Gasteiger partial charge is 0.416 e. The van der Waals surface area contributed by atoms with Crippen LogP contribution >= 0.6 is 0 Å². The number of rotatable bonds is 7. The summed E-state index contributed by atoms with van der Waals surface area (Å²) in [6.45, 7) is 4.47. The number of hydrogen-bond acceptors (Lipinski definition) is 3. The number of amides is 1.